The van der Waals surface area contributed by atoms with E-state index in [0.717, 1.165) is 28.0 Å². The SMILES string of the molecule is C/C(=C/C=C/C(C)=C/CC(=O)O)c1cc(OCc2ccc(C(C)(C)C)cc2)cc(C(C)(C)C)c1. The molecule has 3 nitrogen and oxygen atoms in total. The summed E-state index contributed by atoms with van der Waals surface area (Å²) in [5.41, 5.74) is 6.97. The lowest BCUT2D eigenvalue weighted by Crippen LogP contribution is -2.12. The van der Waals surface area contributed by atoms with Crippen molar-refractivity contribution in [3.8, 4) is 5.75 Å². The molecule has 0 amide bonds. The Kier molecular flexibility index (Phi) is 9.09. The van der Waals surface area contributed by atoms with Crippen LogP contribution in [0.2, 0.25) is 0 Å². The van der Waals surface area contributed by atoms with Crippen LogP contribution in [0.3, 0.4) is 0 Å². The largest absolute Gasteiger partial charge is 0.489 e. The first-order valence-corrected chi connectivity index (χ1v) is 11.9. The predicted octanol–water partition coefficient (Wildman–Crippen LogP) is 8.24. The molecular weight excluding hydrogens is 420 g/mol. The third-order valence-electron chi connectivity index (χ3n) is 5.76. The van der Waals surface area contributed by atoms with Crippen molar-refractivity contribution in [2.75, 3.05) is 0 Å². The lowest BCUT2D eigenvalue weighted by Gasteiger charge is -2.22. The van der Waals surface area contributed by atoms with E-state index in [1.807, 2.05) is 19.1 Å². The van der Waals surface area contributed by atoms with Gasteiger partial charge in [-0.25, -0.2) is 0 Å². The van der Waals surface area contributed by atoms with Crippen LogP contribution < -0.4 is 4.74 Å². The van der Waals surface area contributed by atoms with E-state index < -0.39 is 5.97 Å². The van der Waals surface area contributed by atoms with Gasteiger partial charge in [-0.15, -0.1) is 0 Å². The highest BCUT2D eigenvalue weighted by Gasteiger charge is 2.17. The molecule has 182 valence electrons. The number of allylic oxidation sites excluding steroid dienone is 5. The average Bonchev–Trinajstić information content (AvgIpc) is 2.75. The zero-order chi connectivity index (χ0) is 25.5. The van der Waals surface area contributed by atoms with Crippen LogP contribution >= 0.6 is 0 Å². The van der Waals surface area contributed by atoms with E-state index in [1.54, 1.807) is 6.08 Å². The molecule has 2 rings (SSSR count). The van der Waals surface area contributed by atoms with Crippen LogP contribution in [0.4, 0.5) is 0 Å². The first-order chi connectivity index (χ1) is 15.8. The van der Waals surface area contributed by atoms with Crippen molar-refractivity contribution >= 4 is 11.5 Å². The van der Waals surface area contributed by atoms with E-state index in [1.165, 1.54) is 11.1 Å². The third-order valence-corrected chi connectivity index (χ3v) is 5.76. The summed E-state index contributed by atoms with van der Waals surface area (Å²) in [5, 5.41) is 8.81. The monoisotopic (exact) mass is 460 g/mol. The predicted molar refractivity (Wildman–Crippen MR) is 143 cm³/mol. The van der Waals surface area contributed by atoms with E-state index in [9.17, 15) is 4.79 Å². The number of carbonyl (C=O) groups is 1. The van der Waals surface area contributed by atoms with Crippen molar-refractivity contribution in [3.05, 3.63) is 94.6 Å². The summed E-state index contributed by atoms with van der Waals surface area (Å²) in [6, 6.07) is 15.1. The summed E-state index contributed by atoms with van der Waals surface area (Å²) >= 11 is 0. The van der Waals surface area contributed by atoms with Crippen LogP contribution in [-0.4, -0.2) is 11.1 Å². The minimum absolute atomic E-state index is 0.00520. The van der Waals surface area contributed by atoms with Crippen molar-refractivity contribution in [1.29, 1.82) is 0 Å². The molecule has 0 fully saturated rings. The summed E-state index contributed by atoms with van der Waals surface area (Å²) < 4.78 is 6.23. The molecule has 2 aromatic carbocycles. The maximum absolute atomic E-state index is 10.7. The van der Waals surface area contributed by atoms with Crippen LogP contribution in [0.5, 0.6) is 5.75 Å². The van der Waals surface area contributed by atoms with Crippen LogP contribution in [-0.2, 0) is 22.2 Å². The van der Waals surface area contributed by atoms with Gasteiger partial charge in [0.05, 0.1) is 6.42 Å². The number of aliphatic carboxylic acids is 1. The van der Waals surface area contributed by atoms with Gasteiger partial charge in [-0.05, 0) is 64.6 Å². The molecule has 0 spiro atoms. The fourth-order valence-electron chi connectivity index (χ4n) is 3.37. The number of carboxylic acid groups (broad SMARTS) is 1. The minimum atomic E-state index is -0.823. The molecule has 0 heterocycles. The van der Waals surface area contributed by atoms with Crippen molar-refractivity contribution in [1.82, 2.24) is 0 Å². The van der Waals surface area contributed by atoms with Crippen LogP contribution in [0.1, 0.15) is 84.1 Å². The normalized spacial score (nSPS) is 13.4. The van der Waals surface area contributed by atoms with Crippen molar-refractivity contribution in [2.45, 2.75) is 79.2 Å². The minimum Gasteiger partial charge on any atom is -0.489 e. The van der Waals surface area contributed by atoms with Gasteiger partial charge >= 0.3 is 5.97 Å². The standard InChI is InChI=1S/C31H40O3/c1-22(12-17-29(32)33)10-9-11-23(2)25-18-27(31(6,7)8)20-28(19-25)34-21-24-13-15-26(16-14-24)30(3,4)5/h9-16,18-20H,17,21H2,1-8H3,(H,32,33)/b10-9+,22-12+,23-11-. The second kappa shape index (κ2) is 11.4. The molecule has 34 heavy (non-hydrogen) atoms. The molecule has 0 aliphatic rings. The Morgan fingerprint density at radius 3 is 2.09 bits per heavy atom. The number of ether oxygens (including phenoxy) is 1. The summed E-state index contributed by atoms with van der Waals surface area (Å²) in [6.45, 7) is 17.8. The van der Waals surface area contributed by atoms with Gasteiger partial charge in [0.2, 0.25) is 0 Å². The molecule has 3 heteroatoms. The molecular formula is C31H40O3. The molecule has 0 aliphatic carbocycles. The van der Waals surface area contributed by atoms with Crippen LogP contribution in [0.15, 0.2) is 72.3 Å². The van der Waals surface area contributed by atoms with E-state index in [2.05, 4.69) is 97.0 Å². The smallest absolute Gasteiger partial charge is 0.307 e. The Bertz CT molecular complexity index is 1070. The lowest BCUT2D eigenvalue weighted by atomic mass is 9.85. The lowest BCUT2D eigenvalue weighted by molar-refractivity contribution is -0.136. The van der Waals surface area contributed by atoms with Gasteiger partial charge in [0.15, 0.2) is 0 Å². The van der Waals surface area contributed by atoms with E-state index >= 15 is 0 Å². The second-order valence-electron chi connectivity index (χ2n) is 11.0. The number of benzene rings is 2. The summed E-state index contributed by atoms with van der Waals surface area (Å²) in [5.74, 6) is 0.0349. The molecule has 0 saturated carbocycles. The molecule has 0 bridgehead atoms. The van der Waals surface area contributed by atoms with Crippen molar-refractivity contribution in [2.24, 2.45) is 0 Å². The van der Waals surface area contributed by atoms with Gasteiger partial charge in [0, 0.05) is 0 Å². The Balaban J connectivity index is 2.24. The first-order valence-electron chi connectivity index (χ1n) is 11.9. The maximum Gasteiger partial charge on any atom is 0.307 e. The van der Waals surface area contributed by atoms with E-state index in [4.69, 9.17) is 9.84 Å². The molecule has 2 aromatic rings. The molecule has 0 saturated heterocycles. The van der Waals surface area contributed by atoms with E-state index in [0.29, 0.717) is 6.61 Å². The molecule has 0 aromatic heterocycles. The Morgan fingerprint density at radius 2 is 1.53 bits per heavy atom. The fraction of sp³-hybridized carbons (Fsp3) is 0.387. The van der Waals surface area contributed by atoms with Gasteiger partial charge < -0.3 is 9.84 Å². The molecule has 0 unspecified atom stereocenters. The molecule has 0 radical (unpaired) electrons. The number of hydrogen-bond donors (Lipinski definition) is 1. The topological polar surface area (TPSA) is 46.5 Å². The third kappa shape index (κ3) is 8.70. The highest BCUT2D eigenvalue weighted by atomic mass is 16.5. The van der Waals surface area contributed by atoms with Gasteiger partial charge in [-0.3, -0.25) is 4.79 Å². The Labute approximate surface area is 205 Å². The van der Waals surface area contributed by atoms with Crippen molar-refractivity contribution < 1.29 is 14.6 Å². The number of hydrogen-bond acceptors (Lipinski definition) is 2. The van der Waals surface area contributed by atoms with Crippen LogP contribution in [0.25, 0.3) is 5.57 Å². The van der Waals surface area contributed by atoms with Gasteiger partial charge in [-0.2, -0.15) is 0 Å². The van der Waals surface area contributed by atoms with Crippen molar-refractivity contribution in [3.63, 3.8) is 0 Å². The second-order valence-corrected chi connectivity index (χ2v) is 11.0. The Morgan fingerprint density at radius 1 is 0.912 bits per heavy atom. The highest BCUT2D eigenvalue weighted by Crippen LogP contribution is 2.31. The fourth-order valence-corrected chi connectivity index (χ4v) is 3.37. The number of rotatable bonds is 8. The zero-order valence-corrected chi connectivity index (χ0v) is 22.0. The molecule has 1 N–H and O–H groups in total. The maximum atomic E-state index is 10.7. The number of carboxylic acids is 1. The quantitative estimate of drug-likeness (QED) is 0.403. The zero-order valence-electron chi connectivity index (χ0n) is 22.0. The molecule has 0 atom stereocenters. The summed E-state index contributed by atoms with van der Waals surface area (Å²) in [7, 11) is 0. The first kappa shape index (κ1) is 27.2. The van der Waals surface area contributed by atoms with Gasteiger partial charge in [0.25, 0.3) is 0 Å². The van der Waals surface area contributed by atoms with Gasteiger partial charge in [0.1, 0.15) is 12.4 Å². The molecule has 0 aliphatic heterocycles. The summed E-state index contributed by atoms with van der Waals surface area (Å²) in [4.78, 5) is 10.7. The van der Waals surface area contributed by atoms with Crippen LogP contribution in [0, 0.1) is 0 Å². The summed E-state index contributed by atoms with van der Waals surface area (Å²) in [6.07, 6.45) is 7.69. The Hall–Kier alpha value is -3.07. The van der Waals surface area contributed by atoms with Gasteiger partial charge in [-0.1, -0.05) is 102 Å². The van der Waals surface area contributed by atoms with E-state index in [-0.39, 0.29) is 17.3 Å². The average molecular weight is 461 g/mol. The highest BCUT2D eigenvalue weighted by molar-refractivity contribution is 5.69.